The Balaban J connectivity index is 1.57. The van der Waals surface area contributed by atoms with Crippen LogP contribution in [0.25, 0.3) is 0 Å². The third-order valence-electron chi connectivity index (χ3n) is 4.82. The zero-order valence-electron chi connectivity index (χ0n) is 14.3. The Morgan fingerprint density at radius 1 is 1.33 bits per heavy atom. The van der Waals surface area contributed by atoms with Crippen LogP contribution in [0.1, 0.15) is 19.3 Å². The second kappa shape index (κ2) is 7.40. The minimum absolute atomic E-state index is 0.00413. The predicted octanol–water partition coefficient (Wildman–Crippen LogP) is 1.87. The summed E-state index contributed by atoms with van der Waals surface area (Å²) in [5, 5.41) is 0. The number of carbonyl (C=O) groups excluding carboxylic acids is 1. The standard InChI is InChI=1S/C18H25NO5/c1-21-14-10-18(24-11-14)8-5-9-19(13-18)17(20)12-23-16-7-4-3-6-15(16)22-2/h3-4,6-7,14H,5,8-13H2,1-2H3/t14-,18-/m0/s1. The van der Waals surface area contributed by atoms with Gasteiger partial charge in [0, 0.05) is 26.6 Å². The summed E-state index contributed by atoms with van der Waals surface area (Å²) in [6, 6.07) is 7.33. The molecule has 2 heterocycles. The molecule has 0 radical (unpaired) electrons. The van der Waals surface area contributed by atoms with Crippen LogP contribution in [0.2, 0.25) is 0 Å². The first-order valence-electron chi connectivity index (χ1n) is 8.36. The van der Waals surface area contributed by atoms with Crippen molar-refractivity contribution in [2.45, 2.75) is 31.0 Å². The van der Waals surface area contributed by atoms with Gasteiger partial charge in [-0.1, -0.05) is 12.1 Å². The van der Waals surface area contributed by atoms with Gasteiger partial charge >= 0.3 is 0 Å². The van der Waals surface area contributed by atoms with Crippen LogP contribution in [-0.2, 0) is 14.3 Å². The number of rotatable bonds is 5. The third-order valence-corrected chi connectivity index (χ3v) is 4.82. The van der Waals surface area contributed by atoms with E-state index in [-0.39, 0.29) is 24.2 Å². The van der Waals surface area contributed by atoms with Gasteiger partial charge < -0.3 is 23.8 Å². The average Bonchev–Trinajstić information content (AvgIpc) is 3.02. The molecule has 1 spiro atoms. The lowest BCUT2D eigenvalue weighted by atomic mass is 9.89. The molecule has 2 atom stereocenters. The molecule has 2 aliphatic heterocycles. The molecule has 0 unspecified atom stereocenters. The van der Waals surface area contributed by atoms with E-state index in [1.165, 1.54) is 0 Å². The van der Waals surface area contributed by atoms with Gasteiger partial charge in [-0.05, 0) is 25.0 Å². The maximum atomic E-state index is 12.5. The summed E-state index contributed by atoms with van der Waals surface area (Å²) in [7, 11) is 3.29. The van der Waals surface area contributed by atoms with Crippen molar-refractivity contribution >= 4 is 5.91 Å². The van der Waals surface area contributed by atoms with Crippen molar-refractivity contribution in [3.8, 4) is 11.5 Å². The van der Waals surface area contributed by atoms with Crippen molar-refractivity contribution < 1.29 is 23.7 Å². The fourth-order valence-corrected chi connectivity index (χ4v) is 3.52. The van der Waals surface area contributed by atoms with E-state index in [4.69, 9.17) is 18.9 Å². The molecule has 1 aromatic carbocycles. The van der Waals surface area contributed by atoms with Gasteiger partial charge in [-0.3, -0.25) is 4.79 Å². The molecule has 0 bridgehead atoms. The quantitative estimate of drug-likeness (QED) is 0.822. The monoisotopic (exact) mass is 335 g/mol. The summed E-state index contributed by atoms with van der Waals surface area (Å²) < 4.78 is 22.3. The Morgan fingerprint density at radius 3 is 2.83 bits per heavy atom. The van der Waals surface area contributed by atoms with E-state index in [1.807, 2.05) is 23.1 Å². The number of benzene rings is 1. The van der Waals surface area contributed by atoms with Crippen LogP contribution in [0.15, 0.2) is 24.3 Å². The third kappa shape index (κ3) is 3.65. The summed E-state index contributed by atoms with van der Waals surface area (Å²) in [6.45, 7) is 1.97. The van der Waals surface area contributed by atoms with Gasteiger partial charge in [0.25, 0.3) is 5.91 Å². The van der Waals surface area contributed by atoms with Crippen molar-refractivity contribution in [1.82, 2.24) is 4.90 Å². The summed E-state index contributed by atoms with van der Waals surface area (Å²) in [4.78, 5) is 14.4. The minimum Gasteiger partial charge on any atom is -0.493 e. The highest BCUT2D eigenvalue weighted by molar-refractivity contribution is 5.78. The number of methoxy groups -OCH3 is 2. The second-order valence-electron chi connectivity index (χ2n) is 6.41. The van der Waals surface area contributed by atoms with E-state index < -0.39 is 0 Å². The first-order chi connectivity index (χ1) is 11.7. The largest absolute Gasteiger partial charge is 0.493 e. The van der Waals surface area contributed by atoms with Gasteiger partial charge in [0.1, 0.15) is 0 Å². The van der Waals surface area contributed by atoms with Crippen LogP contribution in [0.4, 0.5) is 0 Å². The fraction of sp³-hybridized carbons (Fsp3) is 0.611. The maximum absolute atomic E-state index is 12.5. The molecular weight excluding hydrogens is 310 g/mol. The topological polar surface area (TPSA) is 57.2 Å². The molecule has 1 amide bonds. The summed E-state index contributed by atoms with van der Waals surface area (Å²) in [5.41, 5.74) is -0.251. The van der Waals surface area contributed by atoms with Crippen LogP contribution in [0.5, 0.6) is 11.5 Å². The molecule has 0 aliphatic carbocycles. The number of para-hydroxylation sites is 2. The van der Waals surface area contributed by atoms with Crippen molar-refractivity contribution in [2.75, 3.05) is 40.5 Å². The van der Waals surface area contributed by atoms with Crippen LogP contribution in [0.3, 0.4) is 0 Å². The highest BCUT2D eigenvalue weighted by Gasteiger charge is 2.44. The van der Waals surface area contributed by atoms with Gasteiger partial charge in [0.15, 0.2) is 18.1 Å². The van der Waals surface area contributed by atoms with Gasteiger partial charge in [0.2, 0.25) is 0 Å². The Labute approximate surface area is 142 Å². The molecule has 2 fully saturated rings. The lowest BCUT2D eigenvalue weighted by Crippen LogP contribution is -2.51. The number of hydrogen-bond donors (Lipinski definition) is 0. The van der Waals surface area contributed by atoms with E-state index in [9.17, 15) is 4.79 Å². The van der Waals surface area contributed by atoms with Crippen molar-refractivity contribution in [2.24, 2.45) is 0 Å². The van der Waals surface area contributed by atoms with Crippen LogP contribution in [-0.4, -0.2) is 63.0 Å². The van der Waals surface area contributed by atoms with Crippen molar-refractivity contribution in [3.63, 3.8) is 0 Å². The Bertz CT molecular complexity index is 578. The van der Waals surface area contributed by atoms with Gasteiger partial charge in [-0.15, -0.1) is 0 Å². The van der Waals surface area contributed by atoms with E-state index in [2.05, 4.69) is 0 Å². The fourth-order valence-electron chi connectivity index (χ4n) is 3.52. The summed E-state index contributed by atoms with van der Waals surface area (Å²) >= 11 is 0. The molecule has 3 rings (SSSR count). The zero-order chi connectivity index (χ0) is 17.0. The average molecular weight is 335 g/mol. The first-order valence-corrected chi connectivity index (χ1v) is 8.36. The molecule has 6 nitrogen and oxygen atoms in total. The van der Waals surface area contributed by atoms with Crippen LogP contribution < -0.4 is 9.47 Å². The Hall–Kier alpha value is -1.79. The number of hydrogen-bond acceptors (Lipinski definition) is 5. The Kier molecular flexibility index (Phi) is 5.26. The zero-order valence-corrected chi connectivity index (χ0v) is 14.3. The SMILES string of the molecule is COc1ccccc1OCC(=O)N1CCC[C@]2(C[C@H](OC)CO2)C1. The Morgan fingerprint density at radius 2 is 2.12 bits per heavy atom. The van der Waals surface area contributed by atoms with E-state index in [1.54, 1.807) is 20.3 Å². The normalized spacial score (nSPS) is 26.6. The molecule has 132 valence electrons. The predicted molar refractivity (Wildman–Crippen MR) is 88.4 cm³/mol. The summed E-state index contributed by atoms with van der Waals surface area (Å²) in [5.74, 6) is 1.18. The molecule has 0 N–H and O–H groups in total. The number of amides is 1. The molecular formula is C18H25NO5. The molecule has 0 aromatic heterocycles. The van der Waals surface area contributed by atoms with E-state index >= 15 is 0 Å². The molecule has 1 aromatic rings. The van der Waals surface area contributed by atoms with Gasteiger partial charge in [-0.25, -0.2) is 0 Å². The van der Waals surface area contributed by atoms with Crippen molar-refractivity contribution in [1.29, 1.82) is 0 Å². The van der Waals surface area contributed by atoms with Gasteiger partial charge in [0.05, 0.1) is 25.4 Å². The molecule has 2 aliphatic rings. The first kappa shape index (κ1) is 17.0. The van der Waals surface area contributed by atoms with Crippen LogP contribution >= 0.6 is 0 Å². The minimum atomic E-state index is -0.251. The second-order valence-corrected chi connectivity index (χ2v) is 6.41. The van der Waals surface area contributed by atoms with Crippen molar-refractivity contribution in [3.05, 3.63) is 24.3 Å². The number of nitrogens with zero attached hydrogens (tertiary/aromatic N) is 1. The maximum Gasteiger partial charge on any atom is 0.260 e. The van der Waals surface area contributed by atoms with E-state index in [0.717, 1.165) is 25.8 Å². The highest BCUT2D eigenvalue weighted by atomic mass is 16.6. The smallest absolute Gasteiger partial charge is 0.260 e. The van der Waals surface area contributed by atoms with E-state index in [0.29, 0.717) is 24.7 Å². The number of likely N-dealkylation sites (tertiary alicyclic amines) is 1. The molecule has 0 saturated carbocycles. The van der Waals surface area contributed by atoms with Gasteiger partial charge in [-0.2, -0.15) is 0 Å². The number of carbonyl (C=O) groups is 1. The number of ether oxygens (including phenoxy) is 4. The summed E-state index contributed by atoms with van der Waals surface area (Å²) in [6.07, 6.45) is 2.89. The molecule has 24 heavy (non-hydrogen) atoms. The molecule has 6 heteroatoms. The van der Waals surface area contributed by atoms with Crippen LogP contribution in [0, 0.1) is 0 Å². The lowest BCUT2D eigenvalue weighted by molar-refractivity contribution is -0.141. The number of piperidine rings is 1. The highest BCUT2D eigenvalue weighted by Crippen LogP contribution is 2.35. The lowest BCUT2D eigenvalue weighted by Gasteiger charge is -2.39. The molecule has 2 saturated heterocycles.